The molecule has 0 spiro atoms. The highest BCUT2D eigenvalue weighted by Crippen LogP contribution is 2.45. The third-order valence-corrected chi connectivity index (χ3v) is 12.5. The van der Waals surface area contributed by atoms with Gasteiger partial charge >= 0.3 is 0 Å². The monoisotopic (exact) mass is 765 g/mol. The molecule has 0 aliphatic heterocycles. The summed E-state index contributed by atoms with van der Waals surface area (Å²) in [6.07, 6.45) is 6.77. The average molecular weight is 766 g/mol. The number of benzene rings is 10. The van der Waals surface area contributed by atoms with Crippen molar-refractivity contribution in [1.29, 1.82) is 0 Å². The smallest absolute Gasteiger partial charge is 0.143 e. The van der Waals surface area contributed by atoms with Crippen LogP contribution in [-0.2, 0) is 6.42 Å². The molecule has 0 bridgehead atoms. The lowest BCUT2D eigenvalue weighted by atomic mass is 9.90. The first-order valence-corrected chi connectivity index (χ1v) is 20.9. The topological polar surface area (TPSA) is 16.4 Å². The van der Waals surface area contributed by atoms with E-state index in [-0.39, 0.29) is 0 Å². The maximum Gasteiger partial charge on any atom is 0.143 e. The van der Waals surface area contributed by atoms with Gasteiger partial charge in [0, 0.05) is 33.1 Å². The molecule has 1 aliphatic carbocycles. The van der Waals surface area contributed by atoms with Crippen molar-refractivity contribution in [3.8, 4) is 33.4 Å². The molecule has 10 aromatic carbocycles. The van der Waals surface area contributed by atoms with Crippen LogP contribution in [0.4, 0.5) is 17.1 Å². The van der Waals surface area contributed by atoms with Gasteiger partial charge in [0.05, 0.1) is 5.69 Å². The first kappa shape index (κ1) is 34.4. The summed E-state index contributed by atoms with van der Waals surface area (Å²) in [6, 6.07) is 73.1. The standard InChI is InChI=1S/C58H39NO/c1-4-19-46-38(13-1)16-12-25-47(46)41-17-11-18-45(35-41)59(44-31-27-40(28-32-44)54-36-42-15-3-5-20-48(42)51-23-7-8-24-52(51)54)56-26-10-9-21-49(56)43-30-34-57-55(37-43)53-33-29-39-14-2-6-22-50(39)58(53)60-57/h2-12,14-37H,1,13H2. The molecule has 1 heterocycles. The van der Waals surface area contributed by atoms with E-state index in [1.54, 1.807) is 0 Å². The second-order valence-electron chi connectivity index (χ2n) is 15.9. The first-order valence-electron chi connectivity index (χ1n) is 20.9. The molecule has 0 unspecified atom stereocenters. The van der Waals surface area contributed by atoms with E-state index in [0.29, 0.717) is 0 Å². The van der Waals surface area contributed by atoms with Crippen molar-refractivity contribution in [3.63, 3.8) is 0 Å². The molecule has 2 heteroatoms. The van der Waals surface area contributed by atoms with Gasteiger partial charge in [0.15, 0.2) is 0 Å². The Morgan fingerprint density at radius 2 is 1.12 bits per heavy atom. The van der Waals surface area contributed by atoms with Gasteiger partial charge in [-0.3, -0.25) is 0 Å². The molecule has 0 atom stereocenters. The normalized spacial score (nSPS) is 12.5. The van der Waals surface area contributed by atoms with Gasteiger partial charge in [0.1, 0.15) is 11.2 Å². The van der Waals surface area contributed by atoms with Gasteiger partial charge in [-0.05, 0) is 133 Å². The number of hydrogen-bond donors (Lipinski definition) is 0. The molecular weight excluding hydrogens is 727 g/mol. The van der Waals surface area contributed by atoms with Crippen LogP contribution in [0.2, 0.25) is 0 Å². The van der Waals surface area contributed by atoms with Crippen LogP contribution in [0.3, 0.4) is 0 Å². The SMILES string of the molecule is C1=Cc2c(cccc2-c2cccc(N(c3ccc(-c4cc5ccccc5c5ccccc45)cc3)c3ccccc3-c3ccc4oc5c6ccccc6ccc5c4c3)c2)CC1. The molecule has 0 radical (unpaired) electrons. The van der Waals surface area contributed by atoms with Crippen molar-refractivity contribution >= 4 is 77.4 Å². The molecule has 11 aromatic rings. The minimum Gasteiger partial charge on any atom is -0.455 e. The van der Waals surface area contributed by atoms with Crippen LogP contribution in [0.25, 0.3) is 93.7 Å². The van der Waals surface area contributed by atoms with Crippen LogP contribution in [0.5, 0.6) is 0 Å². The zero-order valence-electron chi connectivity index (χ0n) is 33.0. The van der Waals surface area contributed by atoms with E-state index >= 15 is 0 Å². The summed E-state index contributed by atoms with van der Waals surface area (Å²) in [4.78, 5) is 2.43. The molecular formula is C58H39NO. The van der Waals surface area contributed by atoms with Crippen LogP contribution in [0, 0.1) is 0 Å². The molecule has 0 saturated carbocycles. The fourth-order valence-corrected chi connectivity index (χ4v) is 9.63. The third-order valence-electron chi connectivity index (χ3n) is 12.5. The quantitative estimate of drug-likeness (QED) is 0.157. The lowest BCUT2D eigenvalue weighted by Gasteiger charge is -2.29. The molecule has 0 fully saturated rings. The van der Waals surface area contributed by atoms with Crippen LogP contribution < -0.4 is 4.90 Å². The van der Waals surface area contributed by atoms with Crippen molar-refractivity contribution < 1.29 is 4.42 Å². The highest BCUT2D eigenvalue weighted by molar-refractivity contribution is 6.16. The summed E-state index contributed by atoms with van der Waals surface area (Å²) in [5.74, 6) is 0. The van der Waals surface area contributed by atoms with Crippen LogP contribution >= 0.6 is 0 Å². The Kier molecular flexibility index (Phi) is 8.02. The predicted molar refractivity (Wildman–Crippen MR) is 255 cm³/mol. The number of hydrogen-bond acceptors (Lipinski definition) is 2. The van der Waals surface area contributed by atoms with E-state index in [4.69, 9.17) is 4.42 Å². The van der Waals surface area contributed by atoms with Gasteiger partial charge in [0.2, 0.25) is 0 Å². The van der Waals surface area contributed by atoms with Crippen molar-refractivity contribution in [2.45, 2.75) is 12.8 Å². The van der Waals surface area contributed by atoms with E-state index in [9.17, 15) is 0 Å². The Balaban J connectivity index is 1.03. The minimum absolute atomic E-state index is 0.893. The summed E-state index contributed by atoms with van der Waals surface area (Å²) in [5.41, 5.74) is 15.0. The van der Waals surface area contributed by atoms with Crippen molar-refractivity contribution in [2.24, 2.45) is 0 Å². The predicted octanol–water partition coefficient (Wildman–Crippen LogP) is 16.5. The molecule has 12 rings (SSSR count). The van der Waals surface area contributed by atoms with Crippen molar-refractivity contribution in [2.75, 3.05) is 4.90 Å². The summed E-state index contributed by atoms with van der Waals surface area (Å²) in [6.45, 7) is 0. The van der Waals surface area contributed by atoms with E-state index < -0.39 is 0 Å². The lowest BCUT2D eigenvalue weighted by molar-refractivity contribution is 0.672. The van der Waals surface area contributed by atoms with E-state index in [2.05, 4.69) is 217 Å². The van der Waals surface area contributed by atoms with Gasteiger partial charge in [0.25, 0.3) is 0 Å². The number of rotatable bonds is 6. The number of furan rings is 1. The number of fused-ring (bicyclic) bond motifs is 9. The number of aryl methyl sites for hydroxylation is 1. The van der Waals surface area contributed by atoms with Gasteiger partial charge < -0.3 is 9.32 Å². The molecule has 0 amide bonds. The molecule has 1 aliphatic rings. The number of allylic oxidation sites excluding steroid dienone is 1. The Labute approximate surface area is 348 Å². The summed E-state index contributed by atoms with van der Waals surface area (Å²) >= 11 is 0. The zero-order chi connectivity index (χ0) is 39.6. The van der Waals surface area contributed by atoms with Crippen LogP contribution in [0.15, 0.2) is 211 Å². The van der Waals surface area contributed by atoms with E-state index in [1.807, 2.05) is 0 Å². The summed E-state index contributed by atoms with van der Waals surface area (Å²) in [7, 11) is 0. The average Bonchev–Trinajstić information content (AvgIpc) is 3.70. The van der Waals surface area contributed by atoms with Gasteiger partial charge in [-0.25, -0.2) is 0 Å². The van der Waals surface area contributed by atoms with Gasteiger partial charge in [-0.2, -0.15) is 0 Å². The highest BCUT2D eigenvalue weighted by Gasteiger charge is 2.21. The molecule has 1 aromatic heterocycles. The van der Waals surface area contributed by atoms with E-state index in [0.717, 1.165) is 68.4 Å². The number of nitrogens with zero attached hydrogens (tertiary/aromatic N) is 1. The Morgan fingerprint density at radius 1 is 0.400 bits per heavy atom. The first-order chi connectivity index (χ1) is 29.7. The van der Waals surface area contributed by atoms with Crippen molar-refractivity contribution in [3.05, 3.63) is 217 Å². The molecule has 282 valence electrons. The number of para-hydroxylation sites is 1. The lowest BCUT2D eigenvalue weighted by Crippen LogP contribution is -2.11. The summed E-state index contributed by atoms with van der Waals surface area (Å²) < 4.78 is 6.55. The second-order valence-corrected chi connectivity index (χ2v) is 15.9. The largest absolute Gasteiger partial charge is 0.455 e. The van der Waals surface area contributed by atoms with Crippen LogP contribution in [0.1, 0.15) is 17.5 Å². The zero-order valence-corrected chi connectivity index (χ0v) is 33.0. The molecule has 0 N–H and O–H groups in total. The Hall–Kier alpha value is -7.68. The third kappa shape index (κ3) is 5.64. The Morgan fingerprint density at radius 3 is 2.02 bits per heavy atom. The van der Waals surface area contributed by atoms with Gasteiger partial charge in [-0.1, -0.05) is 158 Å². The fraction of sp³-hybridized carbons (Fsp3) is 0.0345. The van der Waals surface area contributed by atoms with Crippen LogP contribution in [-0.4, -0.2) is 0 Å². The maximum absolute atomic E-state index is 6.55. The number of anilines is 3. The molecule has 0 saturated heterocycles. The Bertz CT molecular complexity index is 3500. The van der Waals surface area contributed by atoms with Gasteiger partial charge in [-0.15, -0.1) is 0 Å². The minimum atomic E-state index is 0.893. The molecule has 60 heavy (non-hydrogen) atoms. The summed E-state index contributed by atoms with van der Waals surface area (Å²) in [5, 5.41) is 9.62. The second kappa shape index (κ2) is 14.0. The molecule has 2 nitrogen and oxygen atoms in total. The highest BCUT2D eigenvalue weighted by atomic mass is 16.3. The fourth-order valence-electron chi connectivity index (χ4n) is 9.63. The maximum atomic E-state index is 6.55. The van der Waals surface area contributed by atoms with Crippen molar-refractivity contribution in [1.82, 2.24) is 0 Å². The van der Waals surface area contributed by atoms with E-state index in [1.165, 1.54) is 60.3 Å².